The smallest absolute Gasteiger partial charge is 0.353 e. The van der Waals surface area contributed by atoms with Gasteiger partial charge in [-0.3, -0.25) is 4.79 Å². The maximum Gasteiger partial charge on any atom is 0.425 e. The standard InChI is InChI=1S/C17H13F3O2/c18-17(19,20)16(22-11-12-6-2-1-3-7-12)10-13-8-4-5-9-14(13)15(16)21/h1-9H,10-11H2. The minimum atomic E-state index is -4.77. The largest absolute Gasteiger partial charge is 0.425 e. The fourth-order valence-electron chi connectivity index (χ4n) is 2.67. The van der Waals surface area contributed by atoms with E-state index in [2.05, 4.69) is 0 Å². The van der Waals surface area contributed by atoms with Crippen LogP contribution in [-0.4, -0.2) is 17.6 Å². The van der Waals surface area contributed by atoms with Crippen LogP contribution in [0.2, 0.25) is 0 Å². The molecule has 1 unspecified atom stereocenters. The molecule has 2 aromatic carbocycles. The van der Waals surface area contributed by atoms with E-state index in [4.69, 9.17) is 4.74 Å². The number of rotatable bonds is 3. The predicted octanol–water partition coefficient (Wildman–Crippen LogP) is 3.94. The van der Waals surface area contributed by atoms with Gasteiger partial charge in [0.05, 0.1) is 6.61 Å². The maximum absolute atomic E-state index is 13.6. The van der Waals surface area contributed by atoms with Gasteiger partial charge in [-0.2, -0.15) is 13.2 Å². The van der Waals surface area contributed by atoms with Gasteiger partial charge in [0.1, 0.15) is 0 Å². The van der Waals surface area contributed by atoms with Gasteiger partial charge in [0.25, 0.3) is 0 Å². The zero-order valence-electron chi connectivity index (χ0n) is 11.6. The lowest BCUT2D eigenvalue weighted by molar-refractivity contribution is -0.255. The van der Waals surface area contributed by atoms with E-state index in [9.17, 15) is 18.0 Å². The monoisotopic (exact) mass is 306 g/mol. The quantitative estimate of drug-likeness (QED) is 0.858. The third-order valence-electron chi connectivity index (χ3n) is 3.85. The molecule has 1 aliphatic rings. The highest BCUT2D eigenvalue weighted by atomic mass is 19.4. The minimum Gasteiger partial charge on any atom is -0.353 e. The molecule has 2 nitrogen and oxygen atoms in total. The van der Waals surface area contributed by atoms with Crippen molar-refractivity contribution in [2.24, 2.45) is 0 Å². The number of hydrogen-bond donors (Lipinski definition) is 0. The lowest BCUT2D eigenvalue weighted by Crippen LogP contribution is -2.52. The van der Waals surface area contributed by atoms with E-state index >= 15 is 0 Å². The number of halogens is 3. The van der Waals surface area contributed by atoms with Gasteiger partial charge in [-0.1, -0.05) is 54.6 Å². The number of fused-ring (bicyclic) bond motifs is 1. The van der Waals surface area contributed by atoms with Crippen molar-refractivity contribution in [3.8, 4) is 0 Å². The Labute approximate surface area is 125 Å². The van der Waals surface area contributed by atoms with Crippen molar-refractivity contribution in [2.75, 3.05) is 0 Å². The summed E-state index contributed by atoms with van der Waals surface area (Å²) in [6, 6.07) is 14.6. The third kappa shape index (κ3) is 2.31. The average Bonchev–Trinajstić information content (AvgIpc) is 2.80. The molecule has 1 aliphatic carbocycles. The first kappa shape index (κ1) is 14.8. The second kappa shape index (κ2) is 5.25. The second-order valence-electron chi connectivity index (χ2n) is 5.26. The Kier molecular flexibility index (Phi) is 3.53. The molecule has 22 heavy (non-hydrogen) atoms. The Morgan fingerprint density at radius 2 is 1.64 bits per heavy atom. The first-order valence-electron chi connectivity index (χ1n) is 6.81. The summed E-state index contributed by atoms with van der Waals surface area (Å²) in [6.45, 7) is -0.264. The zero-order chi connectivity index (χ0) is 15.8. The van der Waals surface area contributed by atoms with Gasteiger partial charge >= 0.3 is 6.18 Å². The summed E-state index contributed by atoms with van der Waals surface area (Å²) in [5.74, 6) is -1.01. The van der Waals surface area contributed by atoms with Crippen LogP contribution in [-0.2, 0) is 17.8 Å². The zero-order valence-corrected chi connectivity index (χ0v) is 11.6. The summed E-state index contributed by atoms with van der Waals surface area (Å²) < 4.78 is 45.9. The van der Waals surface area contributed by atoms with E-state index in [0.29, 0.717) is 11.1 Å². The molecule has 0 saturated heterocycles. The Morgan fingerprint density at radius 1 is 1.00 bits per heavy atom. The van der Waals surface area contributed by atoms with Crippen LogP contribution < -0.4 is 0 Å². The molecule has 2 aromatic rings. The summed E-state index contributed by atoms with van der Waals surface area (Å²) in [6.07, 6.45) is -5.24. The van der Waals surface area contributed by atoms with E-state index in [1.165, 1.54) is 12.1 Å². The van der Waals surface area contributed by atoms with Gasteiger partial charge in [-0.15, -0.1) is 0 Å². The summed E-state index contributed by atoms with van der Waals surface area (Å²) in [5.41, 5.74) is -1.73. The number of hydrogen-bond acceptors (Lipinski definition) is 2. The van der Waals surface area contributed by atoms with Crippen LogP contribution in [0, 0.1) is 0 Å². The number of benzene rings is 2. The summed E-state index contributed by atoms with van der Waals surface area (Å²) in [4.78, 5) is 12.3. The third-order valence-corrected chi connectivity index (χ3v) is 3.85. The van der Waals surface area contributed by atoms with Crippen LogP contribution in [0.3, 0.4) is 0 Å². The molecule has 0 aromatic heterocycles. The van der Waals surface area contributed by atoms with Crippen molar-refractivity contribution >= 4 is 5.78 Å². The van der Waals surface area contributed by atoms with Crippen molar-refractivity contribution < 1.29 is 22.7 Å². The molecule has 0 spiro atoms. The molecule has 3 rings (SSSR count). The van der Waals surface area contributed by atoms with Crippen LogP contribution in [0.4, 0.5) is 13.2 Å². The molecule has 0 aliphatic heterocycles. The molecule has 0 heterocycles. The second-order valence-corrected chi connectivity index (χ2v) is 5.26. The van der Waals surface area contributed by atoms with Gasteiger partial charge in [-0.05, 0) is 11.1 Å². The molecule has 1 atom stereocenters. The highest BCUT2D eigenvalue weighted by Gasteiger charge is 2.64. The Bertz CT molecular complexity index is 695. The number of ether oxygens (including phenoxy) is 1. The van der Waals surface area contributed by atoms with Gasteiger partial charge in [-0.25, -0.2) is 0 Å². The Hall–Kier alpha value is -2.14. The molecule has 0 saturated carbocycles. The lowest BCUT2D eigenvalue weighted by atomic mass is 9.98. The van der Waals surface area contributed by atoms with Crippen LogP contribution in [0.15, 0.2) is 54.6 Å². The SMILES string of the molecule is O=C1c2ccccc2CC1(OCc1ccccc1)C(F)(F)F. The fraction of sp³-hybridized carbons (Fsp3) is 0.235. The van der Waals surface area contributed by atoms with Gasteiger partial charge < -0.3 is 4.74 Å². The number of carbonyl (C=O) groups excluding carboxylic acids is 1. The molecule has 0 fully saturated rings. The van der Waals surface area contributed by atoms with E-state index in [1.807, 2.05) is 0 Å². The van der Waals surface area contributed by atoms with Gasteiger partial charge in [0.2, 0.25) is 11.4 Å². The van der Waals surface area contributed by atoms with E-state index < -0.39 is 24.0 Å². The Balaban J connectivity index is 1.93. The molecule has 114 valence electrons. The van der Waals surface area contributed by atoms with Crippen LogP contribution >= 0.6 is 0 Å². The molecular weight excluding hydrogens is 293 g/mol. The average molecular weight is 306 g/mol. The van der Waals surface area contributed by atoms with Gasteiger partial charge in [0.15, 0.2) is 0 Å². The molecule has 0 radical (unpaired) electrons. The molecule has 0 amide bonds. The van der Waals surface area contributed by atoms with E-state index in [-0.39, 0.29) is 12.2 Å². The number of alkyl halides is 3. The lowest BCUT2D eigenvalue weighted by Gasteiger charge is -2.30. The molecular formula is C17H13F3O2. The highest BCUT2D eigenvalue weighted by molar-refractivity contribution is 6.07. The van der Waals surface area contributed by atoms with Crippen LogP contribution in [0.25, 0.3) is 0 Å². The summed E-state index contributed by atoms with van der Waals surface area (Å²) >= 11 is 0. The number of carbonyl (C=O) groups is 1. The van der Waals surface area contributed by atoms with E-state index in [1.54, 1.807) is 42.5 Å². The minimum absolute atomic E-state index is 0.0906. The van der Waals surface area contributed by atoms with Crippen LogP contribution in [0.1, 0.15) is 21.5 Å². The van der Waals surface area contributed by atoms with Gasteiger partial charge in [0, 0.05) is 12.0 Å². The van der Waals surface area contributed by atoms with E-state index in [0.717, 1.165) is 0 Å². The van der Waals surface area contributed by atoms with Crippen molar-refractivity contribution in [3.05, 3.63) is 71.3 Å². The van der Waals surface area contributed by atoms with Crippen molar-refractivity contribution in [2.45, 2.75) is 24.8 Å². The molecule has 0 bridgehead atoms. The normalized spacial score (nSPS) is 21.0. The fourth-order valence-corrected chi connectivity index (χ4v) is 2.67. The topological polar surface area (TPSA) is 26.3 Å². The Morgan fingerprint density at radius 3 is 2.27 bits per heavy atom. The summed E-state index contributed by atoms with van der Waals surface area (Å²) in [7, 11) is 0. The first-order valence-corrected chi connectivity index (χ1v) is 6.81. The number of Topliss-reactive ketones (excluding diaryl/α,β-unsaturated/α-hetero) is 1. The highest BCUT2D eigenvalue weighted by Crippen LogP contribution is 2.44. The van der Waals surface area contributed by atoms with Crippen molar-refractivity contribution in [1.29, 1.82) is 0 Å². The molecule has 5 heteroatoms. The first-order chi connectivity index (χ1) is 10.4. The summed E-state index contributed by atoms with van der Waals surface area (Å²) in [5, 5.41) is 0. The maximum atomic E-state index is 13.6. The number of ketones is 1. The van der Waals surface area contributed by atoms with Crippen LogP contribution in [0.5, 0.6) is 0 Å². The van der Waals surface area contributed by atoms with Crippen molar-refractivity contribution in [3.63, 3.8) is 0 Å². The predicted molar refractivity (Wildman–Crippen MR) is 74.5 cm³/mol. The van der Waals surface area contributed by atoms with Crippen molar-refractivity contribution in [1.82, 2.24) is 0 Å². The molecule has 0 N–H and O–H groups in total.